The van der Waals surface area contributed by atoms with Gasteiger partial charge in [-0.05, 0) is 79.7 Å². The van der Waals surface area contributed by atoms with Crippen molar-refractivity contribution in [2.24, 2.45) is 0 Å². The molecule has 0 saturated carbocycles. The molecule has 1 amide bonds. The monoisotopic (exact) mass is 383 g/mol. The fraction of sp³-hybridized carbons (Fsp3) is 0.0952. The van der Waals surface area contributed by atoms with Gasteiger partial charge in [-0.2, -0.15) is 0 Å². The van der Waals surface area contributed by atoms with Crippen LogP contribution < -0.4 is 10.1 Å². The molecule has 0 unspecified atom stereocenters. The fourth-order valence-electron chi connectivity index (χ4n) is 2.32. The second kappa shape index (κ2) is 8.79. The average Bonchev–Trinajstić information content (AvgIpc) is 2.66. The summed E-state index contributed by atoms with van der Waals surface area (Å²) in [6.45, 7) is 2.53. The number of rotatable bonds is 6. The van der Waals surface area contributed by atoms with Gasteiger partial charge in [0, 0.05) is 26.1 Å². The molecule has 0 radical (unpaired) electrons. The van der Waals surface area contributed by atoms with Gasteiger partial charge in [-0.25, -0.2) is 0 Å². The summed E-state index contributed by atoms with van der Waals surface area (Å²) in [5.41, 5.74) is 1.34. The first-order valence-corrected chi connectivity index (χ1v) is 9.41. The van der Waals surface area contributed by atoms with Gasteiger partial charge in [-0.1, -0.05) is 23.4 Å². The molecule has 5 heteroatoms. The van der Waals surface area contributed by atoms with Crippen molar-refractivity contribution in [1.29, 1.82) is 0 Å². The molecule has 0 spiro atoms. The molecule has 3 nitrogen and oxygen atoms in total. The van der Waals surface area contributed by atoms with E-state index in [2.05, 4.69) is 5.32 Å². The highest BCUT2D eigenvalue weighted by molar-refractivity contribution is 7.99. The summed E-state index contributed by atoms with van der Waals surface area (Å²) >= 11 is 7.54. The van der Waals surface area contributed by atoms with E-state index >= 15 is 0 Å². The maximum atomic E-state index is 12.3. The van der Waals surface area contributed by atoms with E-state index < -0.39 is 0 Å². The van der Waals surface area contributed by atoms with Crippen molar-refractivity contribution in [2.45, 2.75) is 16.7 Å². The molecule has 132 valence electrons. The lowest BCUT2D eigenvalue weighted by molar-refractivity contribution is 0.102. The third-order valence-electron chi connectivity index (χ3n) is 3.59. The third-order valence-corrected chi connectivity index (χ3v) is 4.86. The summed E-state index contributed by atoms with van der Waals surface area (Å²) in [4.78, 5) is 14.5. The van der Waals surface area contributed by atoms with Gasteiger partial charge in [0.05, 0.1) is 6.61 Å². The van der Waals surface area contributed by atoms with E-state index in [4.69, 9.17) is 16.3 Å². The molecular weight excluding hydrogens is 366 g/mol. The van der Waals surface area contributed by atoms with Gasteiger partial charge < -0.3 is 10.1 Å². The second-order valence-corrected chi connectivity index (χ2v) is 7.08. The molecule has 0 aliphatic rings. The van der Waals surface area contributed by atoms with Crippen LogP contribution in [0.4, 0.5) is 5.69 Å². The molecule has 0 aliphatic carbocycles. The lowest BCUT2D eigenvalue weighted by Gasteiger charge is -2.08. The summed E-state index contributed by atoms with van der Waals surface area (Å²) < 4.78 is 5.39. The van der Waals surface area contributed by atoms with E-state index in [9.17, 15) is 4.79 Å². The first kappa shape index (κ1) is 18.4. The Labute approximate surface area is 162 Å². The van der Waals surface area contributed by atoms with Crippen molar-refractivity contribution in [1.82, 2.24) is 0 Å². The van der Waals surface area contributed by atoms with E-state index in [0.29, 0.717) is 12.2 Å². The van der Waals surface area contributed by atoms with Crippen LogP contribution in [0.25, 0.3) is 0 Å². The Morgan fingerprint density at radius 1 is 0.923 bits per heavy atom. The Kier molecular flexibility index (Phi) is 6.21. The van der Waals surface area contributed by atoms with Crippen molar-refractivity contribution < 1.29 is 9.53 Å². The number of ether oxygens (including phenoxy) is 1. The van der Waals surface area contributed by atoms with Crippen molar-refractivity contribution in [2.75, 3.05) is 11.9 Å². The maximum absolute atomic E-state index is 12.3. The zero-order valence-corrected chi connectivity index (χ0v) is 15.8. The smallest absolute Gasteiger partial charge is 0.255 e. The number of amides is 1. The fourth-order valence-corrected chi connectivity index (χ4v) is 3.26. The third kappa shape index (κ3) is 5.04. The lowest BCUT2D eigenvalue weighted by Crippen LogP contribution is -2.11. The molecule has 0 bridgehead atoms. The number of anilines is 1. The number of benzene rings is 3. The van der Waals surface area contributed by atoms with Crippen LogP contribution in [-0.2, 0) is 0 Å². The summed E-state index contributed by atoms with van der Waals surface area (Å²) in [6, 6.07) is 22.5. The Hall–Kier alpha value is -2.43. The van der Waals surface area contributed by atoms with Crippen LogP contribution >= 0.6 is 23.4 Å². The predicted molar refractivity (Wildman–Crippen MR) is 108 cm³/mol. The van der Waals surface area contributed by atoms with E-state index in [-0.39, 0.29) is 5.91 Å². The van der Waals surface area contributed by atoms with Gasteiger partial charge in [0.2, 0.25) is 0 Å². The van der Waals surface area contributed by atoms with Crippen LogP contribution in [0, 0.1) is 0 Å². The molecule has 0 saturated heterocycles. The van der Waals surface area contributed by atoms with Crippen molar-refractivity contribution >= 4 is 35.0 Å². The van der Waals surface area contributed by atoms with Gasteiger partial charge in [-0.15, -0.1) is 0 Å². The van der Waals surface area contributed by atoms with Gasteiger partial charge in [0.15, 0.2) is 0 Å². The van der Waals surface area contributed by atoms with E-state index in [1.54, 1.807) is 36.0 Å². The number of halogens is 1. The molecule has 3 aromatic carbocycles. The standard InChI is InChI=1S/C21H18ClNO2S/c1-2-25-18-9-3-15(4-10-18)21(24)23-17-7-13-20(14-8-17)26-19-11-5-16(22)6-12-19/h3-14H,2H2,1H3,(H,23,24). The molecule has 0 fully saturated rings. The topological polar surface area (TPSA) is 38.3 Å². The number of carbonyl (C=O) groups excluding carboxylic acids is 1. The summed E-state index contributed by atoms with van der Waals surface area (Å²) in [6.07, 6.45) is 0. The SMILES string of the molecule is CCOc1ccc(C(=O)Nc2ccc(Sc3ccc(Cl)cc3)cc2)cc1. The van der Waals surface area contributed by atoms with Crippen LogP contribution in [0.2, 0.25) is 5.02 Å². The molecule has 3 aromatic rings. The number of hydrogen-bond donors (Lipinski definition) is 1. The van der Waals surface area contributed by atoms with Crippen LogP contribution in [-0.4, -0.2) is 12.5 Å². The average molecular weight is 384 g/mol. The molecule has 0 aliphatic heterocycles. The minimum atomic E-state index is -0.147. The van der Waals surface area contributed by atoms with Gasteiger partial charge in [0.25, 0.3) is 5.91 Å². The zero-order valence-electron chi connectivity index (χ0n) is 14.2. The Bertz CT molecular complexity index is 862. The predicted octanol–water partition coefficient (Wildman–Crippen LogP) is 6.14. The highest BCUT2D eigenvalue weighted by atomic mass is 35.5. The van der Waals surface area contributed by atoms with Gasteiger partial charge in [-0.3, -0.25) is 4.79 Å². The molecule has 0 atom stereocenters. The highest BCUT2D eigenvalue weighted by Crippen LogP contribution is 2.29. The highest BCUT2D eigenvalue weighted by Gasteiger charge is 2.07. The second-order valence-electron chi connectivity index (χ2n) is 5.49. The minimum Gasteiger partial charge on any atom is -0.494 e. The van der Waals surface area contributed by atoms with Crippen molar-refractivity contribution in [3.05, 3.63) is 83.4 Å². The molecular formula is C21H18ClNO2S. The summed E-state index contributed by atoms with van der Waals surface area (Å²) in [7, 11) is 0. The molecule has 0 heterocycles. The zero-order chi connectivity index (χ0) is 18.4. The molecule has 1 N–H and O–H groups in total. The van der Waals surface area contributed by atoms with Crippen LogP contribution in [0.15, 0.2) is 82.6 Å². The quantitative estimate of drug-likeness (QED) is 0.555. The van der Waals surface area contributed by atoms with Crippen molar-refractivity contribution in [3.63, 3.8) is 0 Å². The van der Waals surface area contributed by atoms with E-state index in [0.717, 1.165) is 26.3 Å². The lowest BCUT2D eigenvalue weighted by atomic mass is 10.2. The normalized spacial score (nSPS) is 10.4. The van der Waals surface area contributed by atoms with Crippen LogP contribution in [0.5, 0.6) is 5.75 Å². The van der Waals surface area contributed by atoms with Crippen molar-refractivity contribution in [3.8, 4) is 5.75 Å². The summed E-state index contributed by atoms with van der Waals surface area (Å²) in [5, 5.41) is 3.63. The number of hydrogen-bond acceptors (Lipinski definition) is 3. The summed E-state index contributed by atoms with van der Waals surface area (Å²) in [5.74, 6) is 0.610. The first-order valence-electron chi connectivity index (χ1n) is 8.22. The van der Waals surface area contributed by atoms with Crippen LogP contribution in [0.1, 0.15) is 17.3 Å². The Balaban J connectivity index is 1.61. The Morgan fingerprint density at radius 3 is 2.08 bits per heavy atom. The molecule has 0 aromatic heterocycles. The number of nitrogens with one attached hydrogen (secondary N) is 1. The van der Waals surface area contributed by atoms with Gasteiger partial charge >= 0.3 is 0 Å². The molecule has 3 rings (SSSR count). The Morgan fingerprint density at radius 2 is 1.50 bits per heavy atom. The van der Waals surface area contributed by atoms with Gasteiger partial charge in [0.1, 0.15) is 5.75 Å². The number of carbonyl (C=O) groups is 1. The van der Waals surface area contributed by atoms with Crippen LogP contribution in [0.3, 0.4) is 0 Å². The molecule has 26 heavy (non-hydrogen) atoms. The van der Waals surface area contributed by atoms with E-state index in [1.165, 1.54) is 0 Å². The largest absolute Gasteiger partial charge is 0.494 e. The van der Waals surface area contributed by atoms with E-state index in [1.807, 2.05) is 55.5 Å². The maximum Gasteiger partial charge on any atom is 0.255 e. The first-order chi connectivity index (χ1) is 12.6. The minimum absolute atomic E-state index is 0.147.